The van der Waals surface area contributed by atoms with E-state index < -0.39 is 0 Å². The van der Waals surface area contributed by atoms with Crippen LogP contribution in [0.15, 0.2) is 67.3 Å². The summed E-state index contributed by atoms with van der Waals surface area (Å²) in [7, 11) is 1.87. The number of hydrogen-bond donors (Lipinski definition) is 2. The molecule has 10 nitrogen and oxygen atoms in total. The molecule has 4 aromatic rings. The first-order valence-corrected chi connectivity index (χ1v) is 13.1. The fourth-order valence-corrected chi connectivity index (χ4v) is 4.92. The number of rotatable bonds is 7. The molecule has 3 aromatic heterocycles. The first kappa shape index (κ1) is 26.1. The van der Waals surface area contributed by atoms with Crippen molar-refractivity contribution in [2.24, 2.45) is 7.05 Å². The highest BCUT2D eigenvalue weighted by atomic mass is 35.5. The van der Waals surface area contributed by atoms with Gasteiger partial charge in [0, 0.05) is 49.2 Å². The quantitative estimate of drug-likeness (QED) is 0.317. The third kappa shape index (κ3) is 6.33. The predicted octanol–water partition coefficient (Wildman–Crippen LogP) is 4.94. The summed E-state index contributed by atoms with van der Waals surface area (Å²) in [6.07, 6.45) is 10.1. The summed E-state index contributed by atoms with van der Waals surface area (Å²) in [6.45, 7) is 0.428. The second-order valence-electron chi connectivity index (χ2n) is 9.48. The lowest BCUT2D eigenvalue weighted by Gasteiger charge is -2.36. The number of carbonyl (C=O) groups is 1. The molecule has 1 saturated carbocycles. The van der Waals surface area contributed by atoms with Crippen molar-refractivity contribution in [2.75, 3.05) is 10.2 Å². The Kier molecular flexibility index (Phi) is 7.99. The Labute approximate surface area is 231 Å². The van der Waals surface area contributed by atoms with E-state index in [2.05, 4.69) is 30.7 Å². The van der Waals surface area contributed by atoms with Gasteiger partial charge in [0.2, 0.25) is 5.95 Å². The zero-order chi connectivity index (χ0) is 27.2. The molecular weight excluding hydrogens is 514 g/mol. The number of aryl methyl sites for hydroxylation is 1. The van der Waals surface area contributed by atoms with Gasteiger partial charge in [-0.2, -0.15) is 15.3 Å². The van der Waals surface area contributed by atoms with Crippen LogP contribution >= 0.6 is 11.6 Å². The van der Waals surface area contributed by atoms with Crippen LogP contribution < -0.4 is 15.5 Å². The van der Waals surface area contributed by atoms with Gasteiger partial charge in [0.15, 0.2) is 5.15 Å². The summed E-state index contributed by atoms with van der Waals surface area (Å²) in [5, 5.41) is 19.8. The number of nitrogens with one attached hydrogen (secondary N) is 2. The summed E-state index contributed by atoms with van der Waals surface area (Å²) in [5.74, 6) is 0.999. The average Bonchev–Trinajstić information content (AvgIpc) is 3.40. The van der Waals surface area contributed by atoms with Crippen LogP contribution in [0, 0.1) is 11.3 Å². The largest absolute Gasteiger partial charge is 0.351 e. The monoisotopic (exact) mass is 541 g/mol. The molecule has 2 amide bonds. The summed E-state index contributed by atoms with van der Waals surface area (Å²) >= 11 is 6.06. The fourth-order valence-electron chi connectivity index (χ4n) is 4.75. The van der Waals surface area contributed by atoms with Crippen LogP contribution in [-0.4, -0.2) is 42.8 Å². The fraction of sp³-hybridized carbons (Fsp3) is 0.286. The van der Waals surface area contributed by atoms with Gasteiger partial charge in [0.1, 0.15) is 17.5 Å². The van der Waals surface area contributed by atoms with E-state index in [1.807, 2.05) is 61.8 Å². The SMILES string of the molecule is Cn1cc(-c2ccc(N(C(=O)NCc3ccccc3)[C@H]3CC[C@H](Nc4ncc(C#N)c(Cl)n4)CC3)nc2)cn1. The highest BCUT2D eigenvalue weighted by molar-refractivity contribution is 6.30. The first-order chi connectivity index (χ1) is 19.0. The minimum Gasteiger partial charge on any atom is -0.351 e. The molecule has 0 atom stereocenters. The number of nitrogens with zero attached hydrogens (tertiary/aromatic N) is 7. The summed E-state index contributed by atoms with van der Waals surface area (Å²) in [4.78, 5) is 28.4. The number of urea groups is 1. The van der Waals surface area contributed by atoms with Crippen molar-refractivity contribution >= 4 is 29.4 Å². The van der Waals surface area contributed by atoms with Gasteiger partial charge in [-0.3, -0.25) is 9.58 Å². The Morgan fingerprint density at radius 2 is 1.87 bits per heavy atom. The zero-order valence-corrected chi connectivity index (χ0v) is 22.2. The maximum absolute atomic E-state index is 13.5. The molecule has 0 unspecified atom stereocenters. The number of pyridine rings is 1. The van der Waals surface area contributed by atoms with Crippen LogP contribution in [0.5, 0.6) is 0 Å². The molecule has 0 bridgehead atoms. The number of hydrogen-bond acceptors (Lipinski definition) is 7. The van der Waals surface area contributed by atoms with Gasteiger partial charge in [-0.05, 0) is 43.4 Å². The molecule has 2 N–H and O–H groups in total. The van der Waals surface area contributed by atoms with Crippen LogP contribution in [0.3, 0.4) is 0 Å². The molecule has 0 spiro atoms. The van der Waals surface area contributed by atoms with Crippen LogP contribution in [0.25, 0.3) is 11.1 Å². The third-order valence-electron chi connectivity index (χ3n) is 6.80. The second-order valence-corrected chi connectivity index (χ2v) is 9.84. The molecule has 198 valence electrons. The van der Waals surface area contributed by atoms with Gasteiger partial charge in [-0.1, -0.05) is 41.9 Å². The van der Waals surface area contributed by atoms with E-state index >= 15 is 0 Å². The van der Waals surface area contributed by atoms with Crippen LogP contribution in [0.4, 0.5) is 16.6 Å². The van der Waals surface area contributed by atoms with Gasteiger partial charge in [0.25, 0.3) is 0 Å². The Morgan fingerprint density at radius 1 is 1.08 bits per heavy atom. The second kappa shape index (κ2) is 11.9. The zero-order valence-electron chi connectivity index (χ0n) is 21.5. The minimum atomic E-state index is -0.181. The van der Waals surface area contributed by atoms with Gasteiger partial charge in [-0.25, -0.2) is 14.8 Å². The molecule has 1 aliphatic carbocycles. The maximum Gasteiger partial charge on any atom is 0.323 e. The molecule has 1 fully saturated rings. The molecule has 11 heteroatoms. The lowest BCUT2D eigenvalue weighted by atomic mass is 9.90. The van der Waals surface area contributed by atoms with Crippen LogP contribution in [0.2, 0.25) is 5.15 Å². The van der Waals surface area contributed by atoms with Crippen molar-refractivity contribution < 1.29 is 4.79 Å². The van der Waals surface area contributed by atoms with E-state index in [0.29, 0.717) is 18.3 Å². The van der Waals surface area contributed by atoms with Crippen molar-refractivity contribution in [1.29, 1.82) is 5.26 Å². The highest BCUT2D eigenvalue weighted by Crippen LogP contribution is 2.29. The predicted molar refractivity (Wildman–Crippen MR) is 149 cm³/mol. The highest BCUT2D eigenvalue weighted by Gasteiger charge is 2.31. The Bertz CT molecular complexity index is 1460. The molecule has 0 aliphatic heterocycles. The molecule has 1 aliphatic rings. The molecule has 0 saturated heterocycles. The van der Waals surface area contributed by atoms with Crippen molar-refractivity contribution in [1.82, 2.24) is 30.0 Å². The van der Waals surface area contributed by atoms with E-state index in [9.17, 15) is 4.79 Å². The molecule has 39 heavy (non-hydrogen) atoms. The van der Waals surface area contributed by atoms with Crippen molar-refractivity contribution in [3.8, 4) is 17.2 Å². The molecule has 1 aromatic carbocycles. The van der Waals surface area contributed by atoms with Crippen molar-refractivity contribution in [3.05, 3.63) is 83.5 Å². The van der Waals surface area contributed by atoms with E-state index in [0.717, 1.165) is 42.4 Å². The number of nitriles is 1. The normalized spacial score (nSPS) is 16.7. The number of benzene rings is 1. The molecular formula is C28H28ClN9O. The van der Waals surface area contributed by atoms with Crippen LogP contribution in [-0.2, 0) is 13.6 Å². The van der Waals surface area contributed by atoms with Crippen molar-refractivity contribution in [3.63, 3.8) is 0 Å². The third-order valence-corrected chi connectivity index (χ3v) is 7.08. The van der Waals surface area contributed by atoms with Gasteiger partial charge in [-0.15, -0.1) is 0 Å². The average molecular weight is 542 g/mol. The lowest BCUT2D eigenvalue weighted by molar-refractivity contribution is 0.240. The van der Waals surface area contributed by atoms with Crippen LogP contribution in [0.1, 0.15) is 36.8 Å². The standard InChI is InChI=1S/C28H28ClN9O/c1-37-18-22(17-34-37)20-7-12-25(31-15-20)38(28(39)33-14-19-5-3-2-4-6-19)24-10-8-23(9-11-24)35-27-32-16-21(13-30)26(29)36-27/h2-7,12,15-18,23-24H,8-11,14H2,1H3,(H,33,39)(H,32,35,36)/t23-,24-. The number of halogens is 1. The lowest BCUT2D eigenvalue weighted by Crippen LogP contribution is -2.49. The summed E-state index contributed by atoms with van der Waals surface area (Å²) < 4.78 is 1.75. The summed E-state index contributed by atoms with van der Waals surface area (Å²) in [6, 6.07) is 15.6. The van der Waals surface area contributed by atoms with Gasteiger partial charge >= 0.3 is 6.03 Å². The number of carbonyl (C=O) groups excluding carboxylic acids is 1. The number of amides is 2. The van der Waals surface area contributed by atoms with E-state index in [1.165, 1.54) is 6.20 Å². The number of anilines is 2. The molecule has 5 rings (SSSR count). The smallest absolute Gasteiger partial charge is 0.323 e. The maximum atomic E-state index is 13.5. The van der Waals surface area contributed by atoms with Crippen molar-refractivity contribution in [2.45, 2.75) is 44.3 Å². The van der Waals surface area contributed by atoms with Gasteiger partial charge in [0.05, 0.1) is 12.4 Å². The first-order valence-electron chi connectivity index (χ1n) is 12.8. The molecule has 0 radical (unpaired) electrons. The van der Waals surface area contributed by atoms with E-state index in [-0.39, 0.29) is 28.8 Å². The molecule has 3 heterocycles. The number of aromatic nitrogens is 5. The summed E-state index contributed by atoms with van der Waals surface area (Å²) in [5.41, 5.74) is 3.17. The minimum absolute atomic E-state index is 0.0268. The Balaban J connectivity index is 1.30. The van der Waals surface area contributed by atoms with E-state index in [4.69, 9.17) is 16.9 Å². The Hall–Kier alpha value is -4.49. The Morgan fingerprint density at radius 3 is 2.51 bits per heavy atom. The van der Waals surface area contributed by atoms with Gasteiger partial charge < -0.3 is 10.6 Å². The topological polar surface area (TPSA) is 125 Å². The van der Waals surface area contributed by atoms with E-state index in [1.54, 1.807) is 22.0 Å².